The number of aliphatic imine (C=N–C) groups is 1. The summed E-state index contributed by atoms with van der Waals surface area (Å²) in [7, 11) is -1.69. The van der Waals surface area contributed by atoms with Crippen LogP contribution in [0.1, 0.15) is 16.7 Å². The minimum absolute atomic E-state index is 0.0255. The molecule has 3 aromatic rings. The molecule has 0 unspecified atom stereocenters. The lowest BCUT2D eigenvalue weighted by Gasteiger charge is -2.12. The van der Waals surface area contributed by atoms with Crippen molar-refractivity contribution in [2.24, 2.45) is 4.99 Å². The molecule has 7 nitrogen and oxygen atoms in total. The summed E-state index contributed by atoms with van der Waals surface area (Å²) in [4.78, 5) is 7.47. The third-order valence-corrected chi connectivity index (χ3v) is 6.16. The van der Waals surface area contributed by atoms with E-state index in [4.69, 9.17) is 0 Å². The number of sulfonamides is 1. The molecule has 0 fully saturated rings. The summed E-state index contributed by atoms with van der Waals surface area (Å²) < 4.78 is 27.0. The highest BCUT2D eigenvalue weighted by atomic mass is 32.2. The van der Waals surface area contributed by atoms with Crippen molar-refractivity contribution in [1.29, 1.82) is 0 Å². The van der Waals surface area contributed by atoms with E-state index < -0.39 is 10.0 Å². The molecule has 8 heteroatoms. The van der Waals surface area contributed by atoms with E-state index >= 15 is 0 Å². The van der Waals surface area contributed by atoms with E-state index in [0.717, 1.165) is 17.5 Å². The van der Waals surface area contributed by atoms with Crippen LogP contribution in [-0.2, 0) is 23.0 Å². The van der Waals surface area contributed by atoms with E-state index in [1.807, 2.05) is 36.5 Å². The molecule has 1 heterocycles. The number of hydrogen-bond donors (Lipinski definition) is 4. The van der Waals surface area contributed by atoms with Crippen LogP contribution < -0.4 is 15.4 Å². The highest BCUT2D eigenvalue weighted by molar-refractivity contribution is 7.89. The molecule has 2 aromatic carbocycles. The fourth-order valence-electron chi connectivity index (χ4n) is 3.21. The van der Waals surface area contributed by atoms with Gasteiger partial charge < -0.3 is 15.6 Å². The van der Waals surface area contributed by atoms with E-state index in [9.17, 15) is 8.42 Å². The average molecular weight is 428 g/mol. The van der Waals surface area contributed by atoms with Crippen LogP contribution in [0.25, 0.3) is 10.9 Å². The first-order valence-electron chi connectivity index (χ1n) is 9.99. The van der Waals surface area contributed by atoms with E-state index in [0.29, 0.717) is 19.0 Å². The molecule has 0 saturated carbocycles. The molecular weight excluding hydrogens is 398 g/mol. The van der Waals surface area contributed by atoms with E-state index in [2.05, 4.69) is 50.5 Å². The van der Waals surface area contributed by atoms with E-state index in [-0.39, 0.29) is 12.3 Å². The van der Waals surface area contributed by atoms with Crippen LogP contribution in [0.2, 0.25) is 0 Å². The molecule has 0 amide bonds. The second-order valence-corrected chi connectivity index (χ2v) is 9.09. The molecule has 0 radical (unpaired) electrons. The summed E-state index contributed by atoms with van der Waals surface area (Å²) in [6, 6.07) is 15.8. The zero-order chi connectivity index (χ0) is 21.4. The molecular formula is C22H29N5O2S. The third-order valence-electron chi connectivity index (χ3n) is 4.84. The van der Waals surface area contributed by atoms with Crippen molar-refractivity contribution in [2.75, 3.05) is 25.9 Å². The van der Waals surface area contributed by atoms with Crippen molar-refractivity contribution in [3.05, 3.63) is 71.4 Å². The minimum atomic E-state index is -3.37. The number of hydrogen-bond acceptors (Lipinski definition) is 3. The van der Waals surface area contributed by atoms with Crippen LogP contribution >= 0.6 is 0 Å². The van der Waals surface area contributed by atoms with Gasteiger partial charge in [0.2, 0.25) is 10.0 Å². The van der Waals surface area contributed by atoms with Gasteiger partial charge in [-0.15, -0.1) is 0 Å². The number of rotatable bonds is 9. The van der Waals surface area contributed by atoms with Crippen LogP contribution in [0.5, 0.6) is 0 Å². The Kier molecular flexibility index (Phi) is 7.48. The highest BCUT2D eigenvalue weighted by Gasteiger charge is 2.10. The van der Waals surface area contributed by atoms with Gasteiger partial charge in [-0.2, -0.15) is 0 Å². The average Bonchev–Trinajstić information content (AvgIpc) is 3.14. The Morgan fingerprint density at radius 3 is 2.60 bits per heavy atom. The van der Waals surface area contributed by atoms with Crippen LogP contribution in [0.3, 0.4) is 0 Å². The number of aromatic nitrogens is 1. The summed E-state index contributed by atoms with van der Waals surface area (Å²) in [5.41, 5.74) is 4.53. The molecule has 0 aliphatic rings. The van der Waals surface area contributed by atoms with Gasteiger partial charge in [0.05, 0.1) is 5.75 Å². The highest BCUT2D eigenvalue weighted by Crippen LogP contribution is 2.19. The molecule has 0 saturated heterocycles. The summed E-state index contributed by atoms with van der Waals surface area (Å²) in [5, 5.41) is 7.52. The first-order valence-corrected chi connectivity index (χ1v) is 11.6. The number of aromatic amines is 1. The van der Waals surface area contributed by atoms with Crippen molar-refractivity contribution in [3.63, 3.8) is 0 Å². The van der Waals surface area contributed by atoms with Crippen molar-refractivity contribution in [1.82, 2.24) is 20.3 Å². The molecule has 30 heavy (non-hydrogen) atoms. The summed E-state index contributed by atoms with van der Waals surface area (Å²) in [6.45, 7) is 3.34. The zero-order valence-electron chi connectivity index (χ0n) is 17.4. The van der Waals surface area contributed by atoms with Gasteiger partial charge in [-0.1, -0.05) is 42.5 Å². The fraction of sp³-hybridized carbons (Fsp3) is 0.318. The maximum absolute atomic E-state index is 12.2. The Morgan fingerprint density at radius 1 is 1.07 bits per heavy atom. The molecule has 1 aromatic heterocycles. The SMILES string of the molecule is CN=C(NCCc1c[nH]c2cc(C)ccc12)NCCS(=O)(=O)NCc1ccccc1. The summed E-state index contributed by atoms with van der Waals surface area (Å²) in [5.74, 6) is 0.562. The standard InChI is InChI=1S/C22H29N5O2S/c1-17-8-9-20-19(16-26-21(20)14-17)10-11-24-22(23-2)25-12-13-30(28,29)27-15-18-6-4-3-5-7-18/h3-9,14,16,26-27H,10-13,15H2,1-2H3,(H2,23,24,25). The minimum Gasteiger partial charge on any atom is -0.361 e. The molecule has 4 N–H and O–H groups in total. The number of guanidine groups is 1. The van der Waals surface area contributed by atoms with Gasteiger partial charge in [0.25, 0.3) is 0 Å². The number of H-pyrrole nitrogens is 1. The van der Waals surface area contributed by atoms with Gasteiger partial charge in [0, 0.05) is 43.8 Å². The molecule has 0 spiro atoms. The lowest BCUT2D eigenvalue weighted by atomic mass is 10.1. The smallest absolute Gasteiger partial charge is 0.213 e. The van der Waals surface area contributed by atoms with Crippen LogP contribution in [0.15, 0.2) is 59.7 Å². The largest absolute Gasteiger partial charge is 0.361 e. The number of nitrogens with zero attached hydrogens (tertiary/aromatic N) is 1. The normalized spacial score (nSPS) is 12.3. The maximum Gasteiger partial charge on any atom is 0.213 e. The number of fused-ring (bicyclic) bond motifs is 1. The molecule has 160 valence electrons. The number of aryl methyl sites for hydroxylation is 1. The molecule has 0 atom stereocenters. The predicted octanol–water partition coefficient (Wildman–Crippen LogP) is 2.30. The van der Waals surface area contributed by atoms with Gasteiger partial charge in [-0.3, -0.25) is 4.99 Å². The second-order valence-electron chi connectivity index (χ2n) is 7.16. The summed E-state index contributed by atoms with van der Waals surface area (Å²) >= 11 is 0. The molecule has 3 rings (SSSR count). The number of nitrogens with one attached hydrogen (secondary N) is 4. The van der Waals surface area contributed by atoms with Crippen molar-refractivity contribution in [2.45, 2.75) is 19.9 Å². The summed E-state index contributed by atoms with van der Waals surface area (Å²) in [6.07, 6.45) is 2.87. The Labute approximate surface area is 178 Å². The maximum atomic E-state index is 12.2. The Hall–Kier alpha value is -2.84. The van der Waals surface area contributed by atoms with Gasteiger partial charge in [0.15, 0.2) is 5.96 Å². The Morgan fingerprint density at radius 2 is 1.83 bits per heavy atom. The van der Waals surface area contributed by atoms with Crippen LogP contribution in [0.4, 0.5) is 0 Å². The second kappa shape index (κ2) is 10.3. The third kappa shape index (κ3) is 6.33. The molecule has 0 bridgehead atoms. The van der Waals surface area contributed by atoms with E-state index in [1.54, 1.807) is 7.05 Å². The quantitative estimate of drug-likeness (QED) is 0.311. The Balaban J connectivity index is 1.41. The monoisotopic (exact) mass is 427 g/mol. The van der Waals surface area contributed by atoms with Crippen LogP contribution in [0, 0.1) is 6.92 Å². The lowest BCUT2D eigenvalue weighted by molar-refractivity contribution is 0.580. The molecule has 0 aliphatic heterocycles. The van der Waals surface area contributed by atoms with Crippen LogP contribution in [-0.4, -0.2) is 45.3 Å². The van der Waals surface area contributed by atoms with E-state index in [1.165, 1.54) is 16.5 Å². The van der Waals surface area contributed by atoms with Gasteiger partial charge in [0.1, 0.15) is 0 Å². The fourth-order valence-corrected chi connectivity index (χ4v) is 4.11. The topological polar surface area (TPSA) is 98.4 Å². The zero-order valence-corrected chi connectivity index (χ0v) is 18.2. The molecule has 0 aliphatic carbocycles. The van der Waals surface area contributed by atoms with Gasteiger partial charge in [-0.25, -0.2) is 13.1 Å². The first-order chi connectivity index (χ1) is 14.5. The van der Waals surface area contributed by atoms with Crippen molar-refractivity contribution in [3.8, 4) is 0 Å². The number of benzene rings is 2. The Bertz CT molecular complexity index is 1090. The van der Waals surface area contributed by atoms with Gasteiger partial charge in [-0.05, 0) is 36.1 Å². The van der Waals surface area contributed by atoms with Gasteiger partial charge >= 0.3 is 0 Å². The predicted molar refractivity (Wildman–Crippen MR) is 123 cm³/mol. The first kappa shape index (κ1) is 21.9. The van der Waals surface area contributed by atoms with Crippen molar-refractivity contribution >= 4 is 26.9 Å². The lowest BCUT2D eigenvalue weighted by Crippen LogP contribution is -2.41. The van der Waals surface area contributed by atoms with Crippen molar-refractivity contribution < 1.29 is 8.42 Å².